The van der Waals surface area contributed by atoms with Crippen LogP contribution in [0.15, 0.2) is 30.1 Å². The smallest absolute Gasteiger partial charge is 0.311 e. The maximum Gasteiger partial charge on any atom is 0.311 e. The lowest BCUT2D eigenvalue weighted by molar-refractivity contribution is -0.156. The van der Waals surface area contributed by atoms with Crippen molar-refractivity contribution in [1.29, 1.82) is 0 Å². The van der Waals surface area contributed by atoms with Crippen molar-refractivity contribution in [3.63, 3.8) is 0 Å². The molecule has 25 heavy (non-hydrogen) atoms. The molecule has 6 heteroatoms. The molecule has 0 bridgehead atoms. The van der Waals surface area contributed by atoms with E-state index in [0.717, 1.165) is 24.8 Å². The van der Waals surface area contributed by atoms with Crippen LogP contribution in [-0.2, 0) is 16.1 Å². The molecule has 0 unspecified atom stereocenters. The van der Waals surface area contributed by atoms with Gasteiger partial charge in [0, 0.05) is 25.5 Å². The van der Waals surface area contributed by atoms with Crippen molar-refractivity contribution in [2.75, 3.05) is 13.1 Å². The summed E-state index contributed by atoms with van der Waals surface area (Å²) in [5.74, 6) is -0.690. The molecule has 0 aromatic carbocycles. The summed E-state index contributed by atoms with van der Waals surface area (Å²) < 4.78 is 1.81. The van der Waals surface area contributed by atoms with E-state index in [1.165, 1.54) is 0 Å². The number of rotatable bonds is 6. The Hall–Kier alpha value is -2.11. The van der Waals surface area contributed by atoms with Crippen molar-refractivity contribution >= 4 is 11.9 Å². The first-order valence-corrected chi connectivity index (χ1v) is 9.01. The van der Waals surface area contributed by atoms with Crippen LogP contribution in [0.25, 0.3) is 0 Å². The van der Waals surface area contributed by atoms with Crippen molar-refractivity contribution in [1.82, 2.24) is 14.7 Å². The van der Waals surface area contributed by atoms with Gasteiger partial charge in [-0.1, -0.05) is 11.6 Å². The molecule has 1 aromatic rings. The lowest BCUT2D eigenvalue weighted by Gasteiger charge is -2.41. The van der Waals surface area contributed by atoms with E-state index in [9.17, 15) is 14.7 Å². The normalized spacial score (nSPS) is 24.6. The van der Waals surface area contributed by atoms with E-state index in [1.807, 2.05) is 36.9 Å². The number of carbonyl (C=O) groups is 2. The van der Waals surface area contributed by atoms with Crippen LogP contribution in [0.5, 0.6) is 0 Å². The van der Waals surface area contributed by atoms with E-state index in [0.29, 0.717) is 32.5 Å². The van der Waals surface area contributed by atoms with E-state index in [1.54, 1.807) is 11.1 Å². The predicted octanol–water partition coefficient (Wildman–Crippen LogP) is 2.71. The lowest BCUT2D eigenvalue weighted by atomic mass is 9.76. The minimum absolute atomic E-state index is 0.102. The zero-order chi connectivity index (χ0) is 18.1. The number of carboxylic acid groups (broad SMARTS) is 1. The van der Waals surface area contributed by atoms with Crippen LogP contribution < -0.4 is 0 Å². The second kappa shape index (κ2) is 6.65. The molecule has 136 valence electrons. The molecule has 1 aromatic heterocycles. The Morgan fingerprint density at radius 3 is 2.56 bits per heavy atom. The van der Waals surface area contributed by atoms with Gasteiger partial charge in [-0.25, -0.2) is 0 Å². The number of aromatic nitrogens is 2. The fourth-order valence-electron chi connectivity index (χ4n) is 3.76. The lowest BCUT2D eigenvalue weighted by Crippen LogP contribution is -2.52. The molecule has 2 aliphatic rings. The molecule has 3 rings (SSSR count). The van der Waals surface area contributed by atoms with Crippen LogP contribution in [0.2, 0.25) is 0 Å². The van der Waals surface area contributed by atoms with Crippen molar-refractivity contribution < 1.29 is 14.7 Å². The molecular weight excluding hydrogens is 318 g/mol. The summed E-state index contributed by atoms with van der Waals surface area (Å²) in [6.07, 6.45) is 9.15. The molecule has 1 aliphatic carbocycles. The molecular formula is C19H27N3O3. The fourth-order valence-corrected chi connectivity index (χ4v) is 3.76. The largest absolute Gasteiger partial charge is 0.481 e. The highest BCUT2D eigenvalue weighted by atomic mass is 16.4. The third-order valence-corrected chi connectivity index (χ3v) is 5.55. The monoisotopic (exact) mass is 345 g/mol. The van der Waals surface area contributed by atoms with Gasteiger partial charge in [0.15, 0.2) is 0 Å². The summed E-state index contributed by atoms with van der Waals surface area (Å²) in [7, 11) is 0. The van der Waals surface area contributed by atoms with Gasteiger partial charge < -0.3 is 10.0 Å². The molecule has 1 saturated carbocycles. The molecule has 2 fully saturated rings. The van der Waals surface area contributed by atoms with Gasteiger partial charge >= 0.3 is 5.97 Å². The Labute approximate surface area is 148 Å². The molecule has 1 amide bonds. The van der Waals surface area contributed by atoms with Crippen molar-refractivity contribution in [2.45, 2.75) is 52.5 Å². The van der Waals surface area contributed by atoms with E-state index in [4.69, 9.17) is 0 Å². The van der Waals surface area contributed by atoms with Gasteiger partial charge in [0.25, 0.3) is 0 Å². The maximum absolute atomic E-state index is 13.1. The molecule has 2 heterocycles. The Morgan fingerprint density at radius 1 is 1.24 bits per heavy atom. The zero-order valence-corrected chi connectivity index (χ0v) is 15.1. The first-order chi connectivity index (χ1) is 11.9. The average Bonchev–Trinajstić information content (AvgIpc) is 3.18. The van der Waals surface area contributed by atoms with E-state index in [2.05, 4.69) is 5.10 Å². The van der Waals surface area contributed by atoms with E-state index < -0.39 is 11.4 Å². The van der Waals surface area contributed by atoms with Crippen LogP contribution in [0.4, 0.5) is 0 Å². The predicted molar refractivity (Wildman–Crippen MR) is 93.8 cm³/mol. The summed E-state index contributed by atoms with van der Waals surface area (Å²) in [6.45, 7) is 5.51. The summed E-state index contributed by atoms with van der Waals surface area (Å²) in [5.41, 5.74) is -0.127. The number of likely N-dealkylation sites (tertiary alicyclic amines) is 1. The number of hydrogen-bond acceptors (Lipinski definition) is 3. The molecule has 1 N–H and O–H groups in total. The van der Waals surface area contributed by atoms with Gasteiger partial charge in [0.1, 0.15) is 0 Å². The van der Waals surface area contributed by atoms with Crippen LogP contribution in [0.3, 0.4) is 0 Å². The third kappa shape index (κ3) is 3.62. The first-order valence-electron chi connectivity index (χ1n) is 9.01. The topological polar surface area (TPSA) is 75.4 Å². The zero-order valence-electron chi connectivity index (χ0n) is 15.1. The van der Waals surface area contributed by atoms with Crippen LogP contribution in [0.1, 0.15) is 46.0 Å². The summed E-state index contributed by atoms with van der Waals surface area (Å²) in [5, 5.41) is 14.1. The Bertz CT molecular complexity index is 672. The van der Waals surface area contributed by atoms with Gasteiger partial charge in [0.05, 0.1) is 17.4 Å². The van der Waals surface area contributed by atoms with Crippen LogP contribution in [-0.4, -0.2) is 44.8 Å². The summed E-state index contributed by atoms with van der Waals surface area (Å²) in [4.78, 5) is 26.9. The number of carboxylic acids is 1. The minimum Gasteiger partial charge on any atom is -0.481 e. The third-order valence-electron chi connectivity index (χ3n) is 5.55. The number of nitrogens with zero attached hydrogens (tertiary/aromatic N) is 3. The highest BCUT2D eigenvalue weighted by molar-refractivity contribution is 5.86. The minimum atomic E-state index is -0.854. The molecule has 0 spiro atoms. The van der Waals surface area contributed by atoms with Crippen molar-refractivity contribution in [3.05, 3.63) is 30.1 Å². The average molecular weight is 345 g/mol. The number of allylic oxidation sites excluding steroid dienone is 2. The molecule has 0 radical (unpaired) electrons. The van der Waals surface area contributed by atoms with Gasteiger partial charge in [-0.3, -0.25) is 14.3 Å². The van der Waals surface area contributed by atoms with Gasteiger partial charge in [-0.15, -0.1) is 0 Å². The summed E-state index contributed by atoms with van der Waals surface area (Å²) >= 11 is 0. The van der Waals surface area contributed by atoms with E-state index >= 15 is 0 Å². The van der Waals surface area contributed by atoms with Crippen molar-refractivity contribution in [2.24, 2.45) is 10.8 Å². The first kappa shape index (κ1) is 17.7. The second-order valence-electron chi connectivity index (χ2n) is 7.89. The molecule has 1 atom stereocenters. The molecule has 1 aliphatic heterocycles. The van der Waals surface area contributed by atoms with E-state index in [-0.39, 0.29) is 11.3 Å². The molecule has 1 saturated heterocycles. The van der Waals surface area contributed by atoms with Gasteiger partial charge in [-0.2, -0.15) is 5.10 Å². The summed E-state index contributed by atoms with van der Waals surface area (Å²) in [6, 6.07) is 1.86. The Kier molecular flexibility index (Phi) is 4.71. The number of carbonyl (C=O) groups excluding carboxylic acids is 1. The van der Waals surface area contributed by atoms with Crippen LogP contribution in [0, 0.1) is 10.8 Å². The van der Waals surface area contributed by atoms with Crippen molar-refractivity contribution in [3.8, 4) is 0 Å². The number of piperidine rings is 1. The number of hydrogen-bond donors (Lipinski definition) is 1. The highest BCUT2D eigenvalue weighted by Gasteiger charge is 2.54. The second-order valence-corrected chi connectivity index (χ2v) is 7.89. The van der Waals surface area contributed by atoms with Gasteiger partial charge in [0.2, 0.25) is 5.91 Å². The van der Waals surface area contributed by atoms with Gasteiger partial charge in [-0.05, 0) is 52.0 Å². The quantitative estimate of drug-likeness (QED) is 0.805. The Balaban J connectivity index is 1.74. The van der Waals surface area contributed by atoms with Crippen LogP contribution >= 0.6 is 0 Å². The molecule has 6 nitrogen and oxygen atoms in total. The SMILES string of the molecule is CC(C)=CC[C@@]1(C(=O)O)CCCN(C(=O)C2(Cn3cccn3)CC2)C1. The fraction of sp³-hybridized carbons (Fsp3) is 0.632. The Morgan fingerprint density at radius 2 is 2.00 bits per heavy atom. The standard InChI is InChI=1S/C19H27N3O3/c1-15(2)5-7-19(17(24)25)6-3-11-21(13-19)16(23)18(8-9-18)14-22-12-4-10-20-22/h4-5,10,12H,3,6-9,11,13-14H2,1-2H3,(H,24,25)/t19-/m0/s1. The number of amides is 1. The highest BCUT2D eigenvalue weighted by Crippen LogP contribution is 2.49. The number of aliphatic carboxylic acids is 1. The maximum atomic E-state index is 13.1.